The molecule has 0 bridgehead atoms. The average Bonchev–Trinajstić information content (AvgIpc) is 2.66. The Labute approximate surface area is 201 Å². The molecule has 0 aliphatic carbocycles. The molecule has 0 radical (unpaired) electrons. The number of nitro benzene ring substituents is 1. The molecule has 9 nitrogen and oxygen atoms in total. The molecule has 0 aromatic heterocycles. The van der Waals surface area contributed by atoms with Crippen LogP contribution in [0.15, 0.2) is 51.1 Å². The minimum absolute atomic E-state index is 0.321. The smallest absolute Gasteiger partial charge is 0.324 e. The van der Waals surface area contributed by atoms with Crippen molar-refractivity contribution in [3.05, 3.63) is 51.5 Å². The predicted octanol–water partition coefficient (Wildman–Crippen LogP) is 4.57. The van der Waals surface area contributed by atoms with Crippen molar-refractivity contribution in [2.45, 2.75) is 25.7 Å². The minimum Gasteiger partial charge on any atom is -0.324 e. The van der Waals surface area contributed by atoms with Crippen LogP contribution in [0.4, 0.5) is 37.7 Å². The van der Waals surface area contributed by atoms with Gasteiger partial charge in [0.2, 0.25) is 5.91 Å². The van der Waals surface area contributed by atoms with E-state index in [0.717, 1.165) is 0 Å². The number of anilines is 1. The standard InChI is InChI=1S/C16H9ClF6N2O7S3/c17-10-3-2-9(35(31,32)16(21,22)23)6-11(10)24-14(26)7-34(29,30)13-4-1-8(33-15(18,19)20)5-12(13)25(27)28/h1-6H,7H2,(H,24,26). The summed E-state index contributed by atoms with van der Waals surface area (Å²) in [6, 6.07) is 2.94. The fraction of sp³-hybridized carbons (Fsp3) is 0.188. The summed E-state index contributed by atoms with van der Waals surface area (Å²) in [4.78, 5) is 19.0. The summed E-state index contributed by atoms with van der Waals surface area (Å²) in [6.07, 6.45) is 0. The van der Waals surface area contributed by atoms with Crippen molar-refractivity contribution in [1.29, 1.82) is 0 Å². The fourth-order valence-corrected chi connectivity index (χ4v) is 5.26. The Hall–Kier alpha value is -2.57. The third-order valence-corrected chi connectivity index (χ3v) is 8.04. The van der Waals surface area contributed by atoms with Crippen LogP contribution in [-0.2, 0) is 24.5 Å². The molecule has 0 spiro atoms. The first kappa shape index (κ1) is 28.7. The molecule has 0 heterocycles. The Morgan fingerprint density at radius 2 is 1.63 bits per heavy atom. The normalized spacial score (nSPS) is 12.9. The van der Waals surface area contributed by atoms with E-state index >= 15 is 0 Å². The Kier molecular flexibility index (Phi) is 8.05. The van der Waals surface area contributed by atoms with Crippen LogP contribution in [0.5, 0.6) is 0 Å². The Bertz CT molecular complexity index is 1390. The van der Waals surface area contributed by atoms with Crippen molar-refractivity contribution in [3.8, 4) is 0 Å². The predicted molar refractivity (Wildman–Crippen MR) is 110 cm³/mol. The van der Waals surface area contributed by atoms with Gasteiger partial charge in [0.05, 0.1) is 20.5 Å². The highest BCUT2D eigenvalue weighted by atomic mass is 35.5. The lowest BCUT2D eigenvalue weighted by molar-refractivity contribution is -0.388. The van der Waals surface area contributed by atoms with E-state index in [9.17, 15) is 58.1 Å². The number of carbonyl (C=O) groups excluding carboxylic acids is 1. The number of benzene rings is 2. The molecule has 2 rings (SSSR count). The number of rotatable bonds is 7. The first-order chi connectivity index (χ1) is 15.7. The van der Waals surface area contributed by atoms with E-state index in [1.165, 1.54) is 0 Å². The third-order valence-electron chi connectivity index (χ3n) is 3.84. The number of nitro groups is 1. The lowest BCUT2D eigenvalue weighted by Gasteiger charge is -2.12. The largest absolute Gasteiger partial charge is 0.501 e. The van der Waals surface area contributed by atoms with Gasteiger partial charge in [-0.1, -0.05) is 11.6 Å². The highest BCUT2D eigenvalue weighted by Gasteiger charge is 2.47. The number of alkyl halides is 6. The molecule has 1 amide bonds. The molecule has 0 atom stereocenters. The number of carbonyl (C=O) groups is 1. The first-order valence-electron chi connectivity index (χ1n) is 8.42. The van der Waals surface area contributed by atoms with E-state index in [1.54, 1.807) is 5.32 Å². The van der Waals surface area contributed by atoms with E-state index in [4.69, 9.17) is 11.6 Å². The van der Waals surface area contributed by atoms with Crippen molar-refractivity contribution in [2.75, 3.05) is 11.1 Å². The van der Waals surface area contributed by atoms with Gasteiger partial charge < -0.3 is 5.32 Å². The second-order valence-corrected chi connectivity index (χ2v) is 11.8. The van der Waals surface area contributed by atoms with Gasteiger partial charge >= 0.3 is 11.0 Å². The fourth-order valence-electron chi connectivity index (χ4n) is 2.44. The first-order valence-corrected chi connectivity index (χ1v) is 12.8. The van der Waals surface area contributed by atoms with Gasteiger partial charge in [-0.3, -0.25) is 14.9 Å². The van der Waals surface area contributed by atoms with Crippen LogP contribution in [0, 0.1) is 10.1 Å². The highest BCUT2D eigenvalue weighted by molar-refractivity contribution is 8.00. The third kappa shape index (κ3) is 6.98. The van der Waals surface area contributed by atoms with Crippen molar-refractivity contribution in [2.24, 2.45) is 0 Å². The van der Waals surface area contributed by atoms with E-state index < -0.39 is 90.1 Å². The summed E-state index contributed by atoms with van der Waals surface area (Å²) >= 11 is 4.96. The number of hydrogen-bond acceptors (Lipinski definition) is 8. The summed E-state index contributed by atoms with van der Waals surface area (Å²) in [6.45, 7) is 0. The number of sulfone groups is 2. The van der Waals surface area contributed by atoms with Gasteiger partial charge in [-0.2, -0.15) is 26.3 Å². The van der Waals surface area contributed by atoms with Crippen molar-refractivity contribution in [3.63, 3.8) is 0 Å². The van der Waals surface area contributed by atoms with Crippen LogP contribution in [-0.4, -0.2) is 44.4 Å². The maximum Gasteiger partial charge on any atom is 0.501 e. The van der Waals surface area contributed by atoms with Gasteiger partial charge in [0.1, 0.15) is 10.6 Å². The van der Waals surface area contributed by atoms with Gasteiger partial charge in [-0.05, 0) is 42.1 Å². The minimum atomic E-state index is -5.85. The van der Waals surface area contributed by atoms with Gasteiger partial charge in [-0.25, -0.2) is 16.8 Å². The van der Waals surface area contributed by atoms with Crippen molar-refractivity contribution in [1.82, 2.24) is 0 Å². The molecule has 192 valence electrons. The molecule has 0 saturated heterocycles. The number of nitrogens with zero attached hydrogens (tertiary/aromatic N) is 1. The molecule has 0 aliphatic heterocycles. The monoisotopic (exact) mass is 586 g/mol. The van der Waals surface area contributed by atoms with Gasteiger partial charge in [0, 0.05) is 11.0 Å². The second kappa shape index (κ2) is 9.82. The topological polar surface area (TPSA) is 141 Å². The molecule has 19 heteroatoms. The zero-order chi connectivity index (χ0) is 27.0. The zero-order valence-corrected chi connectivity index (χ0v) is 19.6. The molecule has 1 N–H and O–H groups in total. The Morgan fingerprint density at radius 1 is 1.03 bits per heavy atom. The maximum absolute atomic E-state index is 12.7. The average molecular weight is 587 g/mol. The summed E-state index contributed by atoms with van der Waals surface area (Å²) in [7, 11) is -10.7. The maximum atomic E-state index is 12.7. The lowest BCUT2D eigenvalue weighted by Crippen LogP contribution is -2.25. The number of halogens is 7. The molecular weight excluding hydrogens is 578 g/mol. The molecule has 2 aromatic rings. The summed E-state index contributed by atoms with van der Waals surface area (Å²) < 4.78 is 124. The molecule has 0 aliphatic rings. The SMILES string of the molecule is O=C(CS(=O)(=O)c1ccc(SC(F)(F)F)cc1[N+](=O)[O-])Nc1cc(S(=O)(=O)C(F)(F)F)ccc1Cl. The summed E-state index contributed by atoms with van der Waals surface area (Å²) in [5.74, 6) is -3.04. The lowest BCUT2D eigenvalue weighted by atomic mass is 10.3. The van der Waals surface area contributed by atoms with Crippen LogP contribution in [0.25, 0.3) is 0 Å². The molecule has 35 heavy (non-hydrogen) atoms. The van der Waals surface area contributed by atoms with Crippen LogP contribution in [0.2, 0.25) is 5.02 Å². The summed E-state index contributed by atoms with van der Waals surface area (Å²) in [5, 5.41) is 12.5. The van der Waals surface area contributed by atoms with Crippen molar-refractivity contribution >= 4 is 60.3 Å². The number of hydrogen-bond donors (Lipinski definition) is 1. The molecule has 2 aromatic carbocycles. The zero-order valence-electron chi connectivity index (χ0n) is 16.3. The quantitative estimate of drug-likeness (QED) is 0.215. The highest BCUT2D eigenvalue weighted by Crippen LogP contribution is 2.39. The van der Waals surface area contributed by atoms with Crippen molar-refractivity contribution < 1.29 is 52.9 Å². The number of nitrogens with one attached hydrogen (secondary N) is 1. The summed E-state index contributed by atoms with van der Waals surface area (Å²) in [5.41, 5.74) is -12.5. The number of amides is 1. The van der Waals surface area contributed by atoms with Crippen LogP contribution in [0.3, 0.4) is 0 Å². The molecule has 0 saturated carbocycles. The van der Waals surface area contributed by atoms with Gasteiger partial charge in [0.25, 0.3) is 15.5 Å². The number of thioether (sulfide) groups is 1. The van der Waals surface area contributed by atoms with Gasteiger partial charge in [0.15, 0.2) is 9.84 Å². The molecular formula is C16H9ClF6N2O7S3. The van der Waals surface area contributed by atoms with E-state index in [2.05, 4.69) is 0 Å². The van der Waals surface area contributed by atoms with E-state index in [0.29, 0.717) is 36.4 Å². The Morgan fingerprint density at radius 3 is 2.14 bits per heavy atom. The molecule has 0 unspecified atom stereocenters. The van der Waals surface area contributed by atoms with E-state index in [1.807, 2.05) is 0 Å². The van der Waals surface area contributed by atoms with E-state index in [-0.39, 0.29) is 0 Å². The Balaban J connectivity index is 2.36. The van der Waals surface area contributed by atoms with Gasteiger partial charge in [-0.15, -0.1) is 0 Å². The van der Waals surface area contributed by atoms with Crippen LogP contribution in [0.1, 0.15) is 0 Å². The second-order valence-electron chi connectivity index (χ2n) is 6.33. The molecule has 0 fully saturated rings. The van der Waals surface area contributed by atoms with Crippen LogP contribution >= 0.6 is 23.4 Å². The van der Waals surface area contributed by atoms with Crippen LogP contribution < -0.4 is 5.32 Å².